The molecule has 1 N–H and O–H groups in total. The summed E-state index contributed by atoms with van der Waals surface area (Å²) >= 11 is 0. The molecule has 1 aromatic heterocycles. The lowest BCUT2D eigenvalue weighted by Gasteiger charge is -2.30. The first-order chi connectivity index (χ1) is 9.04. The Morgan fingerprint density at radius 3 is 3.00 bits per heavy atom. The van der Waals surface area contributed by atoms with Gasteiger partial charge in [-0.2, -0.15) is 0 Å². The van der Waals surface area contributed by atoms with Crippen molar-refractivity contribution < 1.29 is 4.74 Å². The topological polar surface area (TPSA) is 42.3 Å². The lowest BCUT2D eigenvalue weighted by Crippen LogP contribution is -2.43. The molecule has 2 rings (SSSR count). The second kappa shape index (κ2) is 6.39. The molecular formula is C14H26N4O. The number of nitrogens with zero attached hydrogens (tertiary/aromatic N) is 3. The van der Waals surface area contributed by atoms with Crippen molar-refractivity contribution in [3.8, 4) is 0 Å². The average Bonchev–Trinajstić information content (AvgIpc) is 2.66. The van der Waals surface area contributed by atoms with Crippen LogP contribution in [-0.4, -0.2) is 53.8 Å². The van der Waals surface area contributed by atoms with Crippen LogP contribution in [0.2, 0.25) is 0 Å². The number of likely N-dealkylation sites (N-methyl/N-ethyl adjacent to an activating group) is 1. The van der Waals surface area contributed by atoms with E-state index in [1.165, 1.54) is 0 Å². The fourth-order valence-electron chi connectivity index (χ4n) is 2.42. The molecule has 2 heterocycles. The van der Waals surface area contributed by atoms with Gasteiger partial charge in [0.15, 0.2) is 0 Å². The van der Waals surface area contributed by atoms with Gasteiger partial charge in [0.2, 0.25) is 5.95 Å². The number of hydrogen-bond donors (Lipinski definition) is 1. The maximum Gasteiger partial charge on any atom is 0.203 e. The summed E-state index contributed by atoms with van der Waals surface area (Å²) in [5.41, 5.74) is 1.06. The number of ether oxygens (including phenoxy) is 1. The van der Waals surface area contributed by atoms with Gasteiger partial charge in [-0.1, -0.05) is 13.8 Å². The van der Waals surface area contributed by atoms with Crippen LogP contribution in [-0.2, 0) is 11.3 Å². The third kappa shape index (κ3) is 4.21. The van der Waals surface area contributed by atoms with E-state index < -0.39 is 0 Å². The Kier molecular flexibility index (Phi) is 4.82. The van der Waals surface area contributed by atoms with E-state index in [-0.39, 0.29) is 6.10 Å². The molecule has 1 atom stereocenters. The first kappa shape index (κ1) is 14.3. The minimum atomic E-state index is 0.253. The summed E-state index contributed by atoms with van der Waals surface area (Å²) in [5, 5.41) is 3.43. The molecule has 19 heavy (non-hydrogen) atoms. The Labute approximate surface area is 116 Å². The van der Waals surface area contributed by atoms with Crippen molar-refractivity contribution >= 4 is 5.95 Å². The molecule has 5 nitrogen and oxygen atoms in total. The molecule has 108 valence electrons. The monoisotopic (exact) mass is 266 g/mol. The molecule has 1 saturated heterocycles. The van der Waals surface area contributed by atoms with Gasteiger partial charge in [-0.05, 0) is 19.9 Å². The summed E-state index contributed by atoms with van der Waals surface area (Å²) < 4.78 is 7.96. The highest BCUT2D eigenvalue weighted by molar-refractivity contribution is 5.29. The molecule has 1 unspecified atom stereocenters. The minimum absolute atomic E-state index is 0.253. The second-order valence-electron chi connectivity index (χ2n) is 5.89. The van der Waals surface area contributed by atoms with E-state index >= 15 is 0 Å². The van der Waals surface area contributed by atoms with E-state index in [0.717, 1.165) is 44.4 Å². The number of nitrogens with one attached hydrogen (secondary N) is 1. The van der Waals surface area contributed by atoms with Crippen molar-refractivity contribution in [3.63, 3.8) is 0 Å². The lowest BCUT2D eigenvalue weighted by atomic mass is 10.2. The molecule has 0 spiro atoms. The van der Waals surface area contributed by atoms with Gasteiger partial charge in [0, 0.05) is 32.4 Å². The highest BCUT2D eigenvalue weighted by Gasteiger charge is 2.18. The number of aryl methyl sites for hydroxylation is 1. The number of rotatable bonds is 5. The SMILES string of the molecule is Cc1cn(CC(C)C)c(NCC2CN(C)CCO2)n1. The minimum Gasteiger partial charge on any atom is -0.374 e. The molecule has 0 amide bonds. The van der Waals surface area contributed by atoms with E-state index in [4.69, 9.17) is 4.74 Å². The standard InChI is InChI=1S/C14H26N4O/c1-11(2)8-18-9-12(3)16-14(18)15-7-13-10-17(4)5-6-19-13/h9,11,13H,5-8,10H2,1-4H3,(H,15,16). The normalized spacial score (nSPS) is 21.0. The summed E-state index contributed by atoms with van der Waals surface area (Å²) in [6, 6.07) is 0. The maximum atomic E-state index is 5.76. The van der Waals surface area contributed by atoms with Gasteiger partial charge < -0.3 is 19.5 Å². The van der Waals surface area contributed by atoms with Crippen molar-refractivity contribution in [1.29, 1.82) is 0 Å². The van der Waals surface area contributed by atoms with E-state index in [1.54, 1.807) is 0 Å². The highest BCUT2D eigenvalue weighted by atomic mass is 16.5. The van der Waals surface area contributed by atoms with Crippen LogP contribution in [0.5, 0.6) is 0 Å². The van der Waals surface area contributed by atoms with Crippen LogP contribution in [0.3, 0.4) is 0 Å². The third-order valence-electron chi connectivity index (χ3n) is 3.29. The predicted octanol–water partition coefficient (Wildman–Crippen LogP) is 1.59. The Morgan fingerprint density at radius 1 is 1.53 bits per heavy atom. The molecule has 0 radical (unpaired) electrons. The molecule has 1 aliphatic heterocycles. The van der Waals surface area contributed by atoms with Crippen LogP contribution in [0.25, 0.3) is 0 Å². The predicted molar refractivity (Wildman–Crippen MR) is 77.5 cm³/mol. The molecule has 5 heteroatoms. The quantitative estimate of drug-likeness (QED) is 0.879. The van der Waals surface area contributed by atoms with Crippen molar-refractivity contribution in [2.75, 3.05) is 38.6 Å². The molecule has 1 aromatic rings. The van der Waals surface area contributed by atoms with Crippen LogP contribution >= 0.6 is 0 Å². The van der Waals surface area contributed by atoms with Crippen molar-refractivity contribution in [3.05, 3.63) is 11.9 Å². The number of hydrogen-bond acceptors (Lipinski definition) is 4. The summed E-state index contributed by atoms with van der Waals surface area (Å²) in [6.45, 7) is 11.1. The largest absolute Gasteiger partial charge is 0.374 e. The highest BCUT2D eigenvalue weighted by Crippen LogP contribution is 2.12. The van der Waals surface area contributed by atoms with Gasteiger partial charge in [-0.15, -0.1) is 0 Å². The summed E-state index contributed by atoms with van der Waals surface area (Å²) in [4.78, 5) is 6.86. The number of anilines is 1. The average molecular weight is 266 g/mol. The Hall–Kier alpha value is -1.07. The zero-order chi connectivity index (χ0) is 13.8. The van der Waals surface area contributed by atoms with Crippen LogP contribution in [0, 0.1) is 12.8 Å². The lowest BCUT2D eigenvalue weighted by molar-refractivity contribution is -0.0118. The smallest absolute Gasteiger partial charge is 0.203 e. The van der Waals surface area contributed by atoms with E-state index in [9.17, 15) is 0 Å². The van der Waals surface area contributed by atoms with E-state index in [0.29, 0.717) is 5.92 Å². The molecule has 1 fully saturated rings. The maximum absolute atomic E-state index is 5.76. The molecule has 0 aromatic carbocycles. The Balaban J connectivity index is 1.91. The van der Waals surface area contributed by atoms with Gasteiger partial charge >= 0.3 is 0 Å². The third-order valence-corrected chi connectivity index (χ3v) is 3.29. The molecule has 0 aliphatic carbocycles. The van der Waals surface area contributed by atoms with Crippen molar-refractivity contribution in [1.82, 2.24) is 14.5 Å². The van der Waals surface area contributed by atoms with Crippen LogP contribution in [0.1, 0.15) is 19.5 Å². The van der Waals surface area contributed by atoms with Crippen LogP contribution in [0.15, 0.2) is 6.20 Å². The zero-order valence-electron chi connectivity index (χ0n) is 12.5. The second-order valence-corrected chi connectivity index (χ2v) is 5.89. The summed E-state index contributed by atoms with van der Waals surface area (Å²) in [7, 11) is 2.14. The van der Waals surface area contributed by atoms with Gasteiger partial charge in [0.05, 0.1) is 18.4 Å². The van der Waals surface area contributed by atoms with Crippen molar-refractivity contribution in [2.45, 2.75) is 33.4 Å². The number of imidazole rings is 1. The van der Waals surface area contributed by atoms with Crippen molar-refractivity contribution in [2.24, 2.45) is 5.92 Å². The molecule has 1 aliphatic rings. The van der Waals surface area contributed by atoms with Crippen LogP contribution < -0.4 is 5.32 Å². The number of aromatic nitrogens is 2. The molecule has 0 bridgehead atoms. The Morgan fingerprint density at radius 2 is 2.32 bits per heavy atom. The van der Waals surface area contributed by atoms with Gasteiger partial charge in [-0.25, -0.2) is 4.98 Å². The first-order valence-electron chi connectivity index (χ1n) is 7.12. The van der Waals surface area contributed by atoms with Gasteiger partial charge in [-0.3, -0.25) is 0 Å². The van der Waals surface area contributed by atoms with Gasteiger partial charge in [0.25, 0.3) is 0 Å². The first-order valence-corrected chi connectivity index (χ1v) is 7.12. The number of morpholine rings is 1. The summed E-state index contributed by atoms with van der Waals surface area (Å²) in [5.74, 6) is 1.58. The molecular weight excluding hydrogens is 240 g/mol. The summed E-state index contributed by atoms with van der Waals surface area (Å²) in [6.07, 6.45) is 2.36. The fraction of sp³-hybridized carbons (Fsp3) is 0.786. The fourth-order valence-corrected chi connectivity index (χ4v) is 2.42. The van der Waals surface area contributed by atoms with E-state index in [2.05, 4.69) is 46.9 Å². The van der Waals surface area contributed by atoms with E-state index in [1.807, 2.05) is 6.92 Å². The van der Waals surface area contributed by atoms with Gasteiger partial charge in [0.1, 0.15) is 0 Å². The zero-order valence-corrected chi connectivity index (χ0v) is 12.5. The Bertz CT molecular complexity index is 402. The molecule has 0 saturated carbocycles. The van der Waals surface area contributed by atoms with Crippen LogP contribution in [0.4, 0.5) is 5.95 Å².